The van der Waals surface area contributed by atoms with E-state index in [4.69, 9.17) is 5.26 Å². The van der Waals surface area contributed by atoms with Crippen molar-refractivity contribution in [3.05, 3.63) is 64.3 Å². The Morgan fingerprint density at radius 1 is 1.44 bits per heavy atom. The lowest BCUT2D eigenvalue weighted by molar-refractivity contribution is -0.385. The normalized spacial score (nSPS) is 10.0. The molecule has 1 radical (unpaired) electrons. The van der Waals surface area contributed by atoms with E-state index in [1.165, 1.54) is 10.9 Å². The Bertz CT molecular complexity index is 623. The average molecular weight is 241 g/mol. The molecule has 0 saturated carbocycles. The van der Waals surface area contributed by atoms with Crippen LogP contribution in [0.2, 0.25) is 0 Å². The molecular weight excluding hydrogens is 232 g/mol. The summed E-state index contributed by atoms with van der Waals surface area (Å²) in [5.74, 6) is 0. The highest BCUT2D eigenvalue weighted by Gasteiger charge is 2.15. The van der Waals surface area contributed by atoms with Gasteiger partial charge < -0.3 is 0 Å². The number of benzene rings is 1. The molecule has 1 aromatic carbocycles. The number of hydrogen-bond donors (Lipinski definition) is 0. The van der Waals surface area contributed by atoms with Gasteiger partial charge in [-0.05, 0) is 17.7 Å². The highest BCUT2D eigenvalue weighted by molar-refractivity contribution is 5.35. The Morgan fingerprint density at radius 2 is 2.11 bits per heavy atom. The molecule has 18 heavy (non-hydrogen) atoms. The number of aromatic nitrogens is 2. The van der Waals surface area contributed by atoms with Crippen LogP contribution in [0.4, 0.5) is 5.69 Å². The first kappa shape index (κ1) is 11.8. The van der Waals surface area contributed by atoms with Gasteiger partial charge in [-0.15, -0.1) is 0 Å². The van der Waals surface area contributed by atoms with Crippen LogP contribution in [0.1, 0.15) is 16.8 Å². The van der Waals surface area contributed by atoms with Crippen LogP contribution in [0.3, 0.4) is 0 Å². The van der Waals surface area contributed by atoms with Crippen molar-refractivity contribution in [1.82, 2.24) is 9.78 Å². The Morgan fingerprint density at radius 3 is 2.61 bits per heavy atom. The van der Waals surface area contributed by atoms with E-state index >= 15 is 0 Å². The van der Waals surface area contributed by atoms with Crippen LogP contribution in [0.25, 0.3) is 0 Å². The highest BCUT2D eigenvalue weighted by Crippen LogP contribution is 2.16. The lowest BCUT2D eigenvalue weighted by atomic mass is 10.1. The largest absolute Gasteiger partial charge is 0.310 e. The summed E-state index contributed by atoms with van der Waals surface area (Å²) in [7, 11) is 0. The molecule has 1 heterocycles. The summed E-state index contributed by atoms with van der Waals surface area (Å²) in [4.78, 5) is 10.1. The molecule has 0 atom stereocenters. The molecule has 1 aromatic heterocycles. The summed E-state index contributed by atoms with van der Waals surface area (Å²) < 4.78 is 1.46. The molecule has 0 saturated heterocycles. The van der Waals surface area contributed by atoms with E-state index in [9.17, 15) is 10.1 Å². The smallest absolute Gasteiger partial charge is 0.261 e. The lowest BCUT2D eigenvalue weighted by Gasteiger charge is -2.00. The maximum absolute atomic E-state index is 10.6. The van der Waals surface area contributed by atoms with Crippen LogP contribution in [-0.2, 0) is 6.54 Å². The molecule has 2 aromatic rings. The summed E-state index contributed by atoms with van der Waals surface area (Å²) in [5, 5.41) is 23.3. The van der Waals surface area contributed by atoms with Gasteiger partial charge in [0.15, 0.2) is 0 Å². The van der Waals surface area contributed by atoms with E-state index in [1.807, 2.05) is 6.07 Å². The minimum absolute atomic E-state index is 0.0938. The van der Waals surface area contributed by atoms with E-state index in [0.29, 0.717) is 12.1 Å². The van der Waals surface area contributed by atoms with Crippen molar-refractivity contribution in [2.75, 3.05) is 0 Å². The maximum atomic E-state index is 10.6. The Hall–Kier alpha value is -2.68. The second-order valence-electron chi connectivity index (χ2n) is 3.72. The number of nitriles is 1. The van der Waals surface area contributed by atoms with Gasteiger partial charge in [0.2, 0.25) is 0 Å². The van der Waals surface area contributed by atoms with Gasteiger partial charge in [0, 0.05) is 6.92 Å². The molecule has 0 spiro atoms. The lowest BCUT2D eigenvalue weighted by Crippen LogP contribution is -2.00. The van der Waals surface area contributed by atoms with Gasteiger partial charge in [-0.1, -0.05) is 12.1 Å². The molecule has 0 amide bonds. The van der Waals surface area contributed by atoms with Crippen molar-refractivity contribution < 1.29 is 4.92 Å². The van der Waals surface area contributed by atoms with E-state index in [1.54, 1.807) is 24.3 Å². The fourth-order valence-corrected chi connectivity index (χ4v) is 1.56. The quantitative estimate of drug-likeness (QED) is 0.606. The highest BCUT2D eigenvalue weighted by atomic mass is 16.6. The first-order valence-electron chi connectivity index (χ1n) is 5.13. The summed E-state index contributed by atoms with van der Waals surface area (Å²) in [6.07, 6.45) is 1.35. The van der Waals surface area contributed by atoms with Crippen LogP contribution in [0.15, 0.2) is 30.5 Å². The van der Waals surface area contributed by atoms with Crippen molar-refractivity contribution >= 4 is 5.69 Å². The SMILES string of the molecule is [CH2]c1nn(Cc2ccc(C#N)cc2)cc1[N+](=O)[O-]. The van der Waals surface area contributed by atoms with Gasteiger partial charge in [0.25, 0.3) is 0 Å². The third kappa shape index (κ3) is 2.35. The van der Waals surface area contributed by atoms with Gasteiger partial charge in [-0.2, -0.15) is 10.4 Å². The predicted octanol–water partition coefficient (Wildman–Crippen LogP) is 1.89. The van der Waals surface area contributed by atoms with Crippen LogP contribution in [0.5, 0.6) is 0 Å². The molecule has 0 fully saturated rings. The Labute approximate surface area is 103 Å². The Kier molecular flexibility index (Phi) is 3.06. The fraction of sp³-hybridized carbons (Fsp3) is 0.0833. The van der Waals surface area contributed by atoms with Gasteiger partial charge in [-0.25, -0.2) is 0 Å². The topological polar surface area (TPSA) is 84.8 Å². The van der Waals surface area contributed by atoms with E-state index in [0.717, 1.165) is 5.56 Å². The second kappa shape index (κ2) is 4.67. The summed E-state index contributed by atoms with van der Waals surface area (Å²) in [6.45, 7) is 3.92. The van der Waals surface area contributed by atoms with Gasteiger partial charge in [-0.3, -0.25) is 14.8 Å². The summed E-state index contributed by atoms with van der Waals surface area (Å²) >= 11 is 0. The molecule has 6 nitrogen and oxygen atoms in total. The van der Waals surface area contributed by atoms with E-state index in [-0.39, 0.29) is 11.4 Å². The standard InChI is InChI=1S/C12H9N4O2/c1-9-12(16(17)18)8-15(14-9)7-11-4-2-10(6-13)3-5-11/h2-5,8H,1,7H2. The fourth-order valence-electron chi connectivity index (χ4n) is 1.56. The first-order chi connectivity index (χ1) is 8.60. The minimum Gasteiger partial charge on any atom is -0.261 e. The van der Waals surface area contributed by atoms with Crippen molar-refractivity contribution in [1.29, 1.82) is 5.26 Å². The molecule has 0 bridgehead atoms. The van der Waals surface area contributed by atoms with E-state index in [2.05, 4.69) is 12.0 Å². The van der Waals surface area contributed by atoms with Crippen molar-refractivity contribution in [3.63, 3.8) is 0 Å². The number of nitrogens with zero attached hydrogens (tertiary/aromatic N) is 4. The van der Waals surface area contributed by atoms with Crippen LogP contribution >= 0.6 is 0 Å². The molecule has 0 N–H and O–H groups in total. The van der Waals surface area contributed by atoms with Crippen molar-refractivity contribution in [3.8, 4) is 6.07 Å². The van der Waals surface area contributed by atoms with Crippen molar-refractivity contribution in [2.24, 2.45) is 0 Å². The van der Waals surface area contributed by atoms with Gasteiger partial charge in [0.1, 0.15) is 11.9 Å². The third-order valence-electron chi connectivity index (χ3n) is 2.44. The first-order valence-corrected chi connectivity index (χ1v) is 5.13. The zero-order valence-electron chi connectivity index (χ0n) is 9.41. The van der Waals surface area contributed by atoms with Crippen LogP contribution in [0, 0.1) is 28.4 Å². The molecular formula is C12H9N4O2. The summed E-state index contributed by atoms with van der Waals surface area (Å²) in [6, 6.07) is 8.98. The predicted molar refractivity (Wildman–Crippen MR) is 63.6 cm³/mol. The van der Waals surface area contributed by atoms with E-state index < -0.39 is 4.92 Å². The van der Waals surface area contributed by atoms with Crippen LogP contribution < -0.4 is 0 Å². The Balaban J connectivity index is 2.21. The third-order valence-corrected chi connectivity index (χ3v) is 2.44. The summed E-state index contributed by atoms with van der Waals surface area (Å²) in [5.41, 5.74) is 1.53. The molecule has 0 aliphatic carbocycles. The number of nitro groups is 1. The number of rotatable bonds is 3. The maximum Gasteiger partial charge on any atom is 0.310 e. The second-order valence-corrected chi connectivity index (χ2v) is 3.72. The molecule has 0 aliphatic heterocycles. The minimum atomic E-state index is -0.509. The molecule has 2 rings (SSSR count). The monoisotopic (exact) mass is 241 g/mol. The molecule has 6 heteroatoms. The van der Waals surface area contributed by atoms with Crippen molar-refractivity contribution in [2.45, 2.75) is 6.54 Å². The average Bonchev–Trinajstić information content (AvgIpc) is 2.71. The van der Waals surface area contributed by atoms with Gasteiger partial charge >= 0.3 is 5.69 Å². The zero-order chi connectivity index (χ0) is 13.1. The van der Waals surface area contributed by atoms with Crippen LogP contribution in [-0.4, -0.2) is 14.7 Å². The zero-order valence-corrected chi connectivity index (χ0v) is 9.41. The number of hydrogen-bond acceptors (Lipinski definition) is 4. The molecule has 0 unspecified atom stereocenters. The molecule has 89 valence electrons. The van der Waals surface area contributed by atoms with Gasteiger partial charge in [0.05, 0.1) is 23.1 Å². The molecule has 0 aliphatic rings.